The number of hydrogen-bond donors (Lipinski definition) is 1. The molecular weight excluding hydrogens is 342 g/mol. The van der Waals surface area contributed by atoms with Crippen LogP contribution in [0.3, 0.4) is 0 Å². The number of aromatic carboxylic acids is 1. The summed E-state index contributed by atoms with van der Waals surface area (Å²) in [4.78, 5) is 25.3. The van der Waals surface area contributed by atoms with Crippen molar-refractivity contribution < 1.29 is 14.7 Å². The Bertz CT molecular complexity index is 757. The molecule has 1 aromatic heterocycles. The standard InChI is InChI=1S/C18H20ClN3O3/c19-16-10-20-22(12-16)9-7-17(23)21-8-1-2-15(11-21)13-3-5-14(6-4-13)18(24)25/h3-6,10,12,15H,1-2,7-9,11H2,(H,24,25)/t15-/m0/s1. The van der Waals surface area contributed by atoms with Crippen LogP contribution in [0.1, 0.15) is 41.1 Å². The summed E-state index contributed by atoms with van der Waals surface area (Å²) in [6, 6.07) is 6.96. The normalized spacial score (nSPS) is 17.5. The van der Waals surface area contributed by atoms with Crippen molar-refractivity contribution in [1.29, 1.82) is 0 Å². The van der Waals surface area contributed by atoms with E-state index in [9.17, 15) is 9.59 Å². The number of benzene rings is 1. The van der Waals surface area contributed by atoms with Gasteiger partial charge in [0.2, 0.25) is 5.91 Å². The van der Waals surface area contributed by atoms with Gasteiger partial charge in [0.1, 0.15) is 0 Å². The van der Waals surface area contributed by atoms with Gasteiger partial charge >= 0.3 is 5.97 Å². The van der Waals surface area contributed by atoms with E-state index in [1.807, 2.05) is 17.0 Å². The molecule has 2 aromatic rings. The molecule has 1 amide bonds. The van der Waals surface area contributed by atoms with Gasteiger partial charge in [-0.15, -0.1) is 0 Å². The smallest absolute Gasteiger partial charge is 0.335 e. The van der Waals surface area contributed by atoms with E-state index in [0.717, 1.165) is 24.9 Å². The molecule has 0 bridgehead atoms. The van der Waals surface area contributed by atoms with Crippen LogP contribution in [0, 0.1) is 0 Å². The number of hydrogen-bond acceptors (Lipinski definition) is 3. The molecule has 7 heteroatoms. The molecule has 25 heavy (non-hydrogen) atoms. The fourth-order valence-electron chi connectivity index (χ4n) is 3.20. The molecule has 0 saturated carbocycles. The highest BCUT2D eigenvalue weighted by atomic mass is 35.5. The molecule has 1 aliphatic heterocycles. The molecule has 0 radical (unpaired) electrons. The van der Waals surface area contributed by atoms with Crippen molar-refractivity contribution in [1.82, 2.24) is 14.7 Å². The third-order valence-electron chi connectivity index (χ3n) is 4.56. The van der Waals surface area contributed by atoms with E-state index in [1.54, 1.807) is 29.2 Å². The van der Waals surface area contributed by atoms with Crippen molar-refractivity contribution in [3.8, 4) is 0 Å². The van der Waals surface area contributed by atoms with Gasteiger partial charge < -0.3 is 10.0 Å². The first kappa shape index (κ1) is 17.5. The highest BCUT2D eigenvalue weighted by molar-refractivity contribution is 6.30. The summed E-state index contributed by atoms with van der Waals surface area (Å²) >= 11 is 5.83. The monoisotopic (exact) mass is 361 g/mol. The first-order valence-corrected chi connectivity index (χ1v) is 8.69. The van der Waals surface area contributed by atoms with Gasteiger partial charge in [-0.25, -0.2) is 4.79 Å². The Morgan fingerprint density at radius 2 is 2.04 bits per heavy atom. The molecular formula is C18H20ClN3O3. The zero-order valence-electron chi connectivity index (χ0n) is 13.8. The largest absolute Gasteiger partial charge is 0.478 e. The number of amides is 1. The van der Waals surface area contributed by atoms with Gasteiger partial charge in [-0.3, -0.25) is 9.48 Å². The van der Waals surface area contributed by atoms with Crippen molar-refractivity contribution in [3.05, 3.63) is 52.8 Å². The van der Waals surface area contributed by atoms with E-state index in [1.165, 1.54) is 0 Å². The average Bonchev–Trinajstić information content (AvgIpc) is 3.05. The minimum absolute atomic E-state index is 0.110. The number of aromatic nitrogens is 2. The van der Waals surface area contributed by atoms with Crippen LogP contribution in [0.2, 0.25) is 5.02 Å². The average molecular weight is 362 g/mol. The quantitative estimate of drug-likeness (QED) is 0.888. The van der Waals surface area contributed by atoms with E-state index >= 15 is 0 Å². The van der Waals surface area contributed by atoms with Crippen LogP contribution in [0.5, 0.6) is 0 Å². The van der Waals surface area contributed by atoms with Crippen LogP contribution < -0.4 is 0 Å². The van der Waals surface area contributed by atoms with Gasteiger partial charge in [-0.05, 0) is 30.5 Å². The fraction of sp³-hybridized carbons (Fsp3) is 0.389. The van der Waals surface area contributed by atoms with Crippen molar-refractivity contribution in [3.63, 3.8) is 0 Å². The summed E-state index contributed by atoms with van der Waals surface area (Å²) in [5.74, 6) is -0.566. The molecule has 1 aromatic carbocycles. The Balaban J connectivity index is 1.58. The zero-order chi connectivity index (χ0) is 17.8. The molecule has 1 aliphatic rings. The number of carbonyl (C=O) groups excluding carboxylic acids is 1. The lowest BCUT2D eigenvalue weighted by molar-refractivity contribution is -0.132. The molecule has 132 valence electrons. The summed E-state index contributed by atoms with van der Waals surface area (Å²) in [5.41, 5.74) is 1.37. The second kappa shape index (κ2) is 7.70. The van der Waals surface area contributed by atoms with Crippen LogP contribution in [0.25, 0.3) is 0 Å². The Kier molecular flexibility index (Phi) is 5.38. The Morgan fingerprint density at radius 1 is 1.28 bits per heavy atom. The Hall–Kier alpha value is -2.34. The van der Waals surface area contributed by atoms with Gasteiger partial charge in [-0.1, -0.05) is 23.7 Å². The number of aryl methyl sites for hydroxylation is 1. The first-order valence-electron chi connectivity index (χ1n) is 8.32. The van der Waals surface area contributed by atoms with Gasteiger partial charge in [0.05, 0.1) is 16.8 Å². The van der Waals surface area contributed by atoms with E-state index in [-0.39, 0.29) is 17.4 Å². The predicted octanol–water partition coefficient (Wildman–Crippen LogP) is 3.03. The van der Waals surface area contributed by atoms with Gasteiger partial charge in [0.15, 0.2) is 0 Å². The maximum absolute atomic E-state index is 12.5. The SMILES string of the molecule is O=C(O)c1ccc([C@H]2CCCN(C(=O)CCn3cc(Cl)cn3)C2)cc1. The van der Waals surface area contributed by atoms with Crippen LogP contribution >= 0.6 is 11.6 Å². The zero-order valence-corrected chi connectivity index (χ0v) is 14.5. The molecule has 2 heterocycles. The van der Waals surface area contributed by atoms with E-state index in [2.05, 4.69) is 5.10 Å². The molecule has 0 spiro atoms. The summed E-state index contributed by atoms with van der Waals surface area (Å²) in [5, 5.41) is 13.6. The van der Waals surface area contributed by atoms with Crippen molar-refractivity contribution in [2.24, 2.45) is 0 Å². The number of carbonyl (C=O) groups is 2. The third kappa shape index (κ3) is 4.39. The second-order valence-electron chi connectivity index (χ2n) is 6.28. The predicted molar refractivity (Wildman–Crippen MR) is 93.8 cm³/mol. The number of likely N-dealkylation sites (tertiary alicyclic amines) is 1. The first-order chi connectivity index (χ1) is 12.0. The fourth-order valence-corrected chi connectivity index (χ4v) is 3.36. The highest BCUT2D eigenvalue weighted by Crippen LogP contribution is 2.27. The molecule has 6 nitrogen and oxygen atoms in total. The number of piperidine rings is 1. The third-order valence-corrected chi connectivity index (χ3v) is 4.75. The van der Waals surface area contributed by atoms with Gasteiger partial charge in [0, 0.05) is 38.2 Å². The number of halogens is 1. The maximum Gasteiger partial charge on any atom is 0.335 e. The number of carboxylic acid groups (broad SMARTS) is 1. The lowest BCUT2D eigenvalue weighted by Crippen LogP contribution is -2.39. The Labute approximate surface area is 151 Å². The van der Waals surface area contributed by atoms with Crippen LogP contribution in [0.4, 0.5) is 0 Å². The number of carboxylic acids is 1. The topological polar surface area (TPSA) is 75.4 Å². The molecule has 0 unspecified atom stereocenters. The minimum atomic E-state index is -0.925. The van der Waals surface area contributed by atoms with Crippen molar-refractivity contribution >= 4 is 23.5 Å². The number of rotatable bonds is 5. The molecule has 1 saturated heterocycles. The molecule has 1 N–H and O–H groups in total. The maximum atomic E-state index is 12.5. The lowest BCUT2D eigenvalue weighted by atomic mass is 9.90. The summed E-state index contributed by atoms with van der Waals surface area (Å²) < 4.78 is 1.67. The van der Waals surface area contributed by atoms with Crippen LogP contribution in [-0.2, 0) is 11.3 Å². The molecule has 1 atom stereocenters. The summed E-state index contributed by atoms with van der Waals surface area (Å²) in [7, 11) is 0. The molecule has 0 aliphatic carbocycles. The lowest BCUT2D eigenvalue weighted by Gasteiger charge is -2.33. The summed E-state index contributed by atoms with van der Waals surface area (Å²) in [6.45, 7) is 1.95. The minimum Gasteiger partial charge on any atom is -0.478 e. The Morgan fingerprint density at radius 3 is 2.68 bits per heavy atom. The van der Waals surface area contributed by atoms with E-state index in [4.69, 9.17) is 16.7 Å². The van der Waals surface area contributed by atoms with Crippen LogP contribution in [0.15, 0.2) is 36.7 Å². The van der Waals surface area contributed by atoms with Crippen molar-refractivity contribution in [2.45, 2.75) is 31.7 Å². The molecule has 1 fully saturated rings. The number of nitrogens with zero attached hydrogens (tertiary/aromatic N) is 3. The molecule has 3 rings (SSSR count). The highest BCUT2D eigenvalue weighted by Gasteiger charge is 2.24. The summed E-state index contributed by atoms with van der Waals surface area (Å²) in [6.07, 6.45) is 5.61. The van der Waals surface area contributed by atoms with Gasteiger partial charge in [0.25, 0.3) is 0 Å². The van der Waals surface area contributed by atoms with E-state index in [0.29, 0.717) is 24.5 Å². The van der Waals surface area contributed by atoms with Crippen molar-refractivity contribution in [2.75, 3.05) is 13.1 Å². The van der Waals surface area contributed by atoms with E-state index < -0.39 is 5.97 Å². The van der Waals surface area contributed by atoms with Gasteiger partial charge in [-0.2, -0.15) is 5.10 Å². The second-order valence-corrected chi connectivity index (χ2v) is 6.71. The van der Waals surface area contributed by atoms with Crippen LogP contribution in [-0.4, -0.2) is 44.8 Å².